The van der Waals surface area contributed by atoms with Gasteiger partial charge in [0.25, 0.3) is 0 Å². The molecule has 1 fully saturated rings. The lowest BCUT2D eigenvalue weighted by molar-refractivity contribution is 0.222. The summed E-state index contributed by atoms with van der Waals surface area (Å²) < 4.78 is 5.59. The highest BCUT2D eigenvalue weighted by Gasteiger charge is 2.21. The van der Waals surface area contributed by atoms with Gasteiger partial charge >= 0.3 is 6.01 Å². The Morgan fingerprint density at radius 1 is 1.19 bits per heavy atom. The molecule has 1 aliphatic rings. The zero-order valence-corrected chi connectivity index (χ0v) is 13.5. The molecule has 118 valence electrons. The SMILES string of the molecule is CCC1CCCC(Nc2nc(NC)nc(OC(C)C)n2)C1. The van der Waals surface area contributed by atoms with Gasteiger partial charge in [0.1, 0.15) is 0 Å². The van der Waals surface area contributed by atoms with Crippen LogP contribution in [0.5, 0.6) is 6.01 Å². The van der Waals surface area contributed by atoms with E-state index in [-0.39, 0.29) is 6.10 Å². The number of anilines is 2. The summed E-state index contributed by atoms with van der Waals surface area (Å²) in [5, 5.41) is 6.41. The monoisotopic (exact) mass is 293 g/mol. The molecule has 2 rings (SSSR count). The van der Waals surface area contributed by atoms with E-state index in [4.69, 9.17) is 4.74 Å². The normalized spacial score (nSPS) is 22.1. The minimum Gasteiger partial charge on any atom is -0.461 e. The Hall–Kier alpha value is -1.59. The summed E-state index contributed by atoms with van der Waals surface area (Å²) in [4.78, 5) is 13.0. The molecule has 1 aromatic heterocycles. The highest BCUT2D eigenvalue weighted by Crippen LogP contribution is 2.28. The minimum atomic E-state index is 0.0455. The van der Waals surface area contributed by atoms with E-state index in [1.165, 1.54) is 32.1 Å². The molecule has 0 bridgehead atoms. The van der Waals surface area contributed by atoms with Crippen LogP contribution >= 0.6 is 0 Å². The Labute approximate surface area is 127 Å². The molecule has 0 aliphatic heterocycles. The van der Waals surface area contributed by atoms with Gasteiger partial charge in [-0.15, -0.1) is 0 Å². The van der Waals surface area contributed by atoms with Crippen molar-refractivity contribution in [1.82, 2.24) is 15.0 Å². The third kappa shape index (κ3) is 4.72. The quantitative estimate of drug-likeness (QED) is 0.840. The standard InChI is InChI=1S/C15H27N5O/c1-5-11-7-6-8-12(9-11)17-14-18-13(16-4)19-15(20-14)21-10(2)3/h10-12H,5-9H2,1-4H3,(H2,16,17,18,19,20). The zero-order valence-electron chi connectivity index (χ0n) is 13.5. The predicted molar refractivity (Wildman–Crippen MR) is 84.8 cm³/mol. The summed E-state index contributed by atoms with van der Waals surface area (Å²) in [6, 6.07) is 0.817. The van der Waals surface area contributed by atoms with Gasteiger partial charge in [0.2, 0.25) is 11.9 Å². The van der Waals surface area contributed by atoms with Crippen LogP contribution in [-0.4, -0.2) is 34.1 Å². The van der Waals surface area contributed by atoms with Crippen LogP contribution in [0, 0.1) is 5.92 Å². The van der Waals surface area contributed by atoms with E-state index in [9.17, 15) is 0 Å². The highest BCUT2D eigenvalue weighted by atomic mass is 16.5. The first kappa shape index (κ1) is 15.8. The van der Waals surface area contributed by atoms with Crippen molar-refractivity contribution in [3.8, 4) is 6.01 Å². The van der Waals surface area contributed by atoms with Crippen molar-refractivity contribution in [2.75, 3.05) is 17.7 Å². The van der Waals surface area contributed by atoms with Crippen molar-refractivity contribution >= 4 is 11.9 Å². The Morgan fingerprint density at radius 2 is 1.95 bits per heavy atom. The molecule has 2 atom stereocenters. The lowest BCUT2D eigenvalue weighted by Crippen LogP contribution is -2.28. The number of rotatable bonds is 6. The van der Waals surface area contributed by atoms with E-state index >= 15 is 0 Å². The summed E-state index contributed by atoms with van der Waals surface area (Å²) in [6.07, 6.45) is 6.28. The smallest absolute Gasteiger partial charge is 0.323 e. The molecule has 6 heteroatoms. The fourth-order valence-electron chi connectivity index (χ4n) is 2.77. The molecule has 21 heavy (non-hydrogen) atoms. The van der Waals surface area contributed by atoms with Crippen molar-refractivity contribution in [2.24, 2.45) is 5.92 Å². The number of hydrogen-bond donors (Lipinski definition) is 2. The van der Waals surface area contributed by atoms with Gasteiger partial charge in [-0.2, -0.15) is 15.0 Å². The van der Waals surface area contributed by atoms with Gasteiger partial charge in [-0.3, -0.25) is 0 Å². The summed E-state index contributed by atoms with van der Waals surface area (Å²) in [5.41, 5.74) is 0. The van der Waals surface area contributed by atoms with Crippen LogP contribution in [-0.2, 0) is 0 Å². The number of nitrogens with zero attached hydrogens (tertiary/aromatic N) is 3. The highest BCUT2D eigenvalue weighted by molar-refractivity contribution is 5.36. The Bertz CT molecular complexity index is 452. The van der Waals surface area contributed by atoms with Gasteiger partial charge in [0.05, 0.1) is 6.10 Å². The molecule has 2 unspecified atom stereocenters. The van der Waals surface area contributed by atoms with Gasteiger partial charge in [0, 0.05) is 13.1 Å². The third-order valence-electron chi connectivity index (χ3n) is 3.87. The van der Waals surface area contributed by atoms with E-state index in [1.807, 2.05) is 13.8 Å². The first-order valence-electron chi connectivity index (χ1n) is 7.97. The fraction of sp³-hybridized carbons (Fsp3) is 0.800. The van der Waals surface area contributed by atoms with E-state index in [2.05, 4.69) is 32.5 Å². The lowest BCUT2D eigenvalue weighted by Gasteiger charge is -2.29. The summed E-state index contributed by atoms with van der Waals surface area (Å²) in [7, 11) is 1.80. The second-order valence-electron chi connectivity index (χ2n) is 5.96. The topological polar surface area (TPSA) is 72.0 Å². The molecule has 1 aliphatic carbocycles. The van der Waals surface area contributed by atoms with E-state index in [0.29, 0.717) is 23.9 Å². The average Bonchev–Trinajstić information content (AvgIpc) is 2.46. The number of ether oxygens (including phenoxy) is 1. The van der Waals surface area contributed by atoms with Crippen molar-refractivity contribution in [3.63, 3.8) is 0 Å². The van der Waals surface area contributed by atoms with Gasteiger partial charge in [-0.25, -0.2) is 0 Å². The van der Waals surface area contributed by atoms with Crippen LogP contribution in [0.1, 0.15) is 52.9 Å². The fourth-order valence-corrected chi connectivity index (χ4v) is 2.77. The molecule has 2 N–H and O–H groups in total. The molecular formula is C15H27N5O. The maximum atomic E-state index is 5.59. The zero-order chi connectivity index (χ0) is 15.2. The summed E-state index contributed by atoms with van der Waals surface area (Å²) in [6.45, 7) is 6.19. The second-order valence-corrected chi connectivity index (χ2v) is 5.96. The molecule has 0 aromatic carbocycles. The maximum absolute atomic E-state index is 5.59. The van der Waals surface area contributed by atoms with Crippen molar-refractivity contribution < 1.29 is 4.74 Å². The molecule has 0 radical (unpaired) electrons. The third-order valence-corrected chi connectivity index (χ3v) is 3.87. The van der Waals surface area contributed by atoms with Gasteiger partial charge < -0.3 is 15.4 Å². The van der Waals surface area contributed by atoms with Gasteiger partial charge in [0.15, 0.2) is 0 Å². The number of nitrogens with one attached hydrogen (secondary N) is 2. The molecule has 0 amide bonds. The van der Waals surface area contributed by atoms with Crippen LogP contribution in [0.2, 0.25) is 0 Å². The predicted octanol–water partition coefficient (Wildman–Crippen LogP) is 3.08. The van der Waals surface area contributed by atoms with Crippen LogP contribution in [0.4, 0.5) is 11.9 Å². The molecule has 0 saturated heterocycles. The van der Waals surface area contributed by atoms with E-state index in [1.54, 1.807) is 7.05 Å². The molecule has 6 nitrogen and oxygen atoms in total. The van der Waals surface area contributed by atoms with Gasteiger partial charge in [-0.1, -0.05) is 26.2 Å². The summed E-state index contributed by atoms with van der Waals surface area (Å²) in [5.74, 6) is 1.95. The first-order chi connectivity index (χ1) is 10.1. The molecule has 1 saturated carbocycles. The maximum Gasteiger partial charge on any atom is 0.323 e. The van der Waals surface area contributed by atoms with Crippen LogP contribution in [0.3, 0.4) is 0 Å². The first-order valence-corrected chi connectivity index (χ1v) is 7.97. The molecule has 1 heterocycles. The number of hydrogen-bond acceptors (Lipinski definition) is 6. The van der Waals surface area contributed by atoms with Gasteiger partial charge in [-0.05, 0) is 32.6 Å². The van der Waals surface area contributed by atoms with Crippen molar-refractivity contribution in [1.29, 1.82) is 0 Å². The minimum absolute atomic E-state index is 0.0455. The van der Waals surface area contributed by atoms with E-state index < -0.39 is 0 Å². The molecule has 0 spiro atoms. The Morgan fingerprint density at radius 3 is 2.62 bits per heavy atom. The number of aromatic nitrogens is 3. The Kier molecular flexibility index (Phi) is 5.59. The van der Waals surface area contributed by atoms with Crippen LogP contribution in [0.25, 0.3) is 0 Å². The average molecular weight is 293 g/mol. The summed E-state index contributed by atoms with van der Waals surface area (Å²) >= 11 is 0. The van der Waals surface area contributed by atoms with Crippen molar-refractivity contribution in [3.05, 3.63) is 0 Å². The second kappa shape index (κ2) is 7.43. The van der Waals surface area contributed by atoms with E-state index in [0.717, 1.165) is 5.92 Å². The molecular weight excluding hydrogens is 266 g/mol. The van der Waals surface area contributed by atoms with Crippen LogP contribution < -0.4 is 15.4 Å². The van der Waals surface area contributed by atoms with Crippen LogP contribution in [0.15, 0.2) is 0 Å². The van der Waals surface area contributed by atoms with Crippen molar-refractivity contribution in [2.45, 2.75) is 65.0 Å². The Balaban J connectivity index is 2.07. The molecule has 1 aromatic rings. The largest absolute Gasteiger partial charge is 0.461 e. The lowest BCUT2D eigenvalue weighted by atomic mass is 9.84.